The Hall–Kier alpha value is -1.34. The van der Waals surface area contributed by atoms with E-state index in [-0.39, 0.29) is 38.4 Å². The number of nitrogens with one attached hydrogen (secondary N) is 1. The number of hydrogen-bond acceptors (Lipinski definition) is 4. The second kappa shape index (κ2) is 7.88. The molecule has 104 valence electrons. The van der Waals surface area contributed by atoms with Gasteiger partial charge in [0, 0.05) is 19.1 Å². The van der Waals surface area contributed by atoms with E-state index in [0.717, 1.165) is 19.3 Å². The topological polar surface area (TPSA) is 99.1 Å². The standard InChI is InChI=1S/C11H20N2O5/c14-6-5-13(9-2-1-3-9)11(17)12-4-7-18-8-10(15)16/h9,14H,1-8H2,(H,12,17)(H,15,16). The fraction of sp³-hybridized carbons (Fsp3) is 0.818. The number of aliphatic hydroxyl groups is 1. The molecular formula is C11H20N2O5. The van der Waals surface area contributed by atoms with Crippen LogP contribution in [0.3, 0.4) is 0 Å². The van der Waals surface area contributed by atoms with Gasteiger partial charge in [-0.05, 0) is 19.3 Å². The summed E-state index contributed by atoms with van der Waals surface area (Å²) in [5, 5.41) is 19.9. The molecule has 0 aromatic carbocycles. The van der Waals surface area contributed by atoms with E-state index < -0.39 is 5.97 Å². The smallest absolute Gasteiger partial charge is 0.329 e. The number of carbonyl (C=O) groups excluding carboxylic acids is 1. The van der Waals surface area contributed by atoms with E-state index in [9.17, 15) is 9.59 Å². The maximum atomic E-state index is 11.8. The molecule has 18 heavy (non-hydrogen) atoms. The predicted molar refractivity (Wildman–Crippen MR) is 63.3 cm³/mol. The van der Waals surface area contributed by atoms with Crippen LogP contribution in [0.25, 0.3) is 0 Å². The van der Waals surface area contributed by atoms with Gasteiger partial charge in [0.05, 0.1) is 13.2 Å². The number of carboxylic acids is 1. The van der Waals surface area contributed by atoms with Gasteiger partial charge in [0.15, 0.2) is 0 Å². The lowest BCUT2D eigenvalue weighted by Gasteiger charge is -2.37. The molecule has 2 amide bonds. The van der Waals surface area contributed by atoms with Crippen LogP contribution < -0.4 is 5.32 Å². The number of hydrogen-bond donors (Lipinski definition) is 3. The number of carboxylic acid groups (broad SMARTS) is 1. The summed E-state index contributed by atoms with van der Waals surface area (Å²) in [6, 6.07) is -0.00948. The lowest BCUT2D eigenvalue weighted by molar-refractivity contribution is -0.142. The van der Waals surface area contributed by atoms with Crippen LogP contribution in [0.5, 0.6) is 0 Å². The van der Waals surface area contributed by atoms with E-state index in [0.29, 0.717) is 6.54 Å². The Morgan fingerprint density at radius 2 is 2.11 bits per heavy atom. The highest BCUT2D eigenvalue weighted by Crippen LogP contribution is 2.24. The predicted octanol–water partition coefficient (Wildman–Crippen LogP) is -0.356. The van der Waals surface area contributed by atoms with Gasteiger partial charge in [-0.15, -0.1) is 0 Å². The molecule has 3 N–H and O–H groups in total. The summed E-state index contributed by atoms with van der Waals surface area (Å²) in [6.45, 7) is 0.335. The van der Waals surface area contributed by atoms with Crippen LogP contribution in [0, 0.1) is 0 Å². The molecule has 0 unspecified atom stereocenters. The van der Waals surface area contributed by atoms with E-state index in [1.807, 2.05) is 0 Å². The average Bonchev–Trinajstić information content (AvgIpc) is 2.25. The molecule has 0 aliphatic heterocycles. The van der Waals surface area contributed by atoms with E-state index >= 15 is 0 Å². The van der Waals surface area contributed by atoms with Gasteiger partial charge in [0.25, 0.3) is 0 Å². The van der Waals surface area contributed by atoms with Crippen molar-refractivity contribution in [3.05, 3.63) is 0 Å². The van der Waals surface area contributed by atoms with Gasteiger partial charge >= 0.3 is 12.0 Å². The molecule has 7 nitrogen and oxygen atoms in total. The van der Waals surface area contributed by atoms with Crippen LogP contribution in [0.1, 0.15) is 19.3 Å². The fourth-order valence-electron chi connectivity index (χ4n) is 1.75. The van der Waals surface area contributed by atoms with Gasteiger partial charge in [-0.2, -0.15) is 0 Å². The minimum atomic E-state index is -1.03. The number of carbonyl (C=O) groups is 2. The Balaban J connectivity index is 2.18. The molecule has 0 heterocycles. The summed E-state index contributed by atoms with van der Waals surface area (Å²) in [6.07, 6.45) is 3.06. The van der Waals surface area contributed by atoms with Crippen molar-refractivity contribution in [1.82, 2.24) is 10.2 Å². The van der Waals surface area contributed by atoms with E-state index in [1.54, 1.807) is 4.90 Å². The van der Waals surface area contributed by atoms with Gasteiger partial charge in [0.1, 0.15) is 6.61 Å². The highest BCUT2D eigenvalue weighted by atomic mass is 16.5. The summed E-state index contributed by atoms with van der Waals surface area (Å²) >= 11 is 0. The van der Waals surface area contributed by atoms with Gasteiger partial charge < -0.3 is 25.2 Å². The third kappa shape index (κ3) is 4.89. The number of aliphatic carboxylic acids is 1. The Morgan fingerprint density at radius 3 is 2.61 bits per heavy atom. The first kappa shape index (κ1) is 14.7. The molecule has 0 atom stereocenters. The maximum absolute atomic E-state index is 11.8. The minimum absolute atomic E-state index is 0.0561. The lowest BCUT2D eigenvalue weighted by atomic mass is 9.92. The first-order valence-corrected chi connectivity index (χ1v) is 6.10. The zero-order valence-corrected chi connectivity index (χ0v) is 10.3. The molecule has 1 aliphatic rings. The molecule has 0 radical (unpaired) electrons. The third-order valence-corrected chi connectivity index (χ3v) is 2.87. The van der Waals surface area contributed by atoms with Crippen LogP contribution >= 0.6 is 0 Å². The number of rotatable bonds is 8. The summed E-state index contributed by atoms with van der Waals surface area (Å²) in [7, 11) is 0. The first-order valence-electron chi connectivity index (χ1n) is 6.10. The first-order chi connectivity index (χ1) is 8.65. The molecule has 1 aliphatic carbocycles. The quantitative estimate of drug-likeness (QED) is 0.518. The Morgan fingerprint density at radius 1 is 1.39 bits per heavy atom. The van der Waals surface area contributed by atoms with Gasteiger partial charge in [-0.1, -0.05) is 0 Å². The number of urea groups is 1. The summed E-state index contributed by atoms with van der Waals surface area (Å²) in [5.74, 6) is -1.03. The monoisotopic (exact) mass is 260 g/mol. The van der Waals surface area contributed by atoms with Crippen molar-refractivity contribution in [3.8, 4) is 0 Å². The Kier molecular flexibility index (Phi) is 6.45. The van der Waals surface area contributed by atoms with Crippen molar-refractivity contribution in [2.24, 2.45) is 0 Å². The third-order valence-electron chi connectivity index (χ3n) is 2.87. The fourth-order valence-corrected chi connectivity index (χ4v) is 1.75. The molecule has 0 aromatic heterocycles. The zero-order chi connectivity index (χ0) is 13.4. The normalized spacial score (nSPS) is 14.9. The van der Waals surface area contributed by atoms with Crippen molar-refractivity contribution in [2.75, 3.05) is 32.9 Å². The number of aliphatic hydroxyl groups excluding tert-OH is 1. The largest absolute Gasteiger partial charge is 0.480 e. The average molecular weight is 260 g/mol. The molecule has 1 rings (SSSR count). The van der Waals surface area contributed by atoms with E-state index in [1.165, 1.54) is 0 Å². The molecule has 0 saturated heterocycles. The van der Waals surface area contributed by atoms with Crippen LogP contribution in [-0.2, 0) is 9.53 Å². The molecule has 0 spiro atoms. The SMILES string of the molecule is O=C(O)COCCNC(=O)N(CCO)C1CCC1. The Bertz CT molecular complexity index is 281. The van der Waals surface area contributed by atoms with Gasteiger partial charge in [-0.25, -0.2) is 9.59 Å². The van der Waals surface area contributed by atoms with Crippen molar-refractivity contribution in [3.63, 3.8) is 0 Å². The van der Waals surface area contributed by atoms with Crippen molar-refractivity contribution < 1.29 is 24.5 Å². The van der Waals surface area contributed by atoms with E-state index in [2.05, 4.69) is 5.32 Å². The highest BCUT2D eigenvalue weighted by Gasteiger charge is 2.27. The second-order valence-electron chi connectivity index (χ2n) is 4.18. The molecule has 1 fully saturated rings. The molecule has 7 heteroatoms. The lowest BCUT2D eigenvalue weighted by Crippen LogP contribution is -2.50. The zero-order valence-electron chi connectivity index (χ0n) is 10.3. The maximum Gasteiger partial charge on any atom is 0.329 e. The van der Waals surface area contributed by atoms with Crippen LogP contribution in [0.15, 0.2) is 0 Å². The number of nitrogens with zero attached hydrogens (tertiary/aromatic N) is 1. The van der Waals surface area contributed by atoms with Gasteiger partial charge in [0.2, 0.25) is 0 Å². The van der Waals surface area contributed by atoms with Crippen molar-refractivity contribution >= 4 is 12.0 Å². The number of amides is 2. The van der Waals surface area contributed by atoms with Crippen molar-refractivity contribution in [1.29, 1.82) is 0 Å². The van der Waals surface area contributed by atoms with E-state index in [4.69, 9.17) is 14.9 Å². The minimum Gasteiger partial charge on any atom is -0.480 e. The number of ether oxygens (including phenoxy) is 1. The summed E-state index contributed by atoms with van der Waals surface area (Å²) in [5.41, 5.74) is 0. The summed E-state index contributed by atoms with van der Waals surface area (Å²) in [4.78, 5) is 23.6. The Labute approximate surface area is 106 Å². The van der Waals surface area contributed by atoms with Crippen molar-refractivity contribution in [2.45, 2.75) is 25.3 Å². The van der Waals surface area contributed by atoms with Crippen LogP contribution in [0.4, 0.5) is 4.79 Å². The summed E-state index contributed by atoms with van der Waals surface area (Å²) < 4.78 is 4.80. The molecule has 0 bridgehead atoms. The molecular weight excluding hydrogens is 240 g/mol. The molecule has 1 saturated carbocycles. The second-order valence-corrected chi connectivity index (χ2v) is 4.18. The van der Waals surface area contributed by atoms with Crippen LogP contribution in [-0.4, -0.2) is 66.1 Å². The highest BCUT2D eigenvalue weighted by molar-refractivity contribution is 5.74. The van der Waals surface area contributed by atoms with Gasteiger partial charge in [-0.3, -0.25) is 0 Å². The van der Waals surface area contributed by atoms with Crippen LogP contribution in [0.2, 0.25) is 0 Å². The molecule has 0 aromatic rings.